The van der Waals surface area contributed by atoms with Crippen molar-refractivity contribution in [2.75, 3.05) is 57.9 Å². The fourth-order valence-corrected chi connectivity index (χ4v) is 7.24. The molecule has 1 atom stereocenters. The van der Waals surface area contributed by atoms with E-state index in [2.05, 4.69) is 30.2 Å². The summed E-state index contributed by atoms with van der Waals surface area (Å²) in [5.41, 5.74) is 2.49. The molecule has 6 rings (SSSR count). The number of rotatable bonds is 9. The lowest BCUT2D eigenvalue weighted by molar-refractivity contribution is -0.129. The van der Waals surface area contributed by atoms with Crippen molar-refractivity contribution < 1.29 is 23.0 Å². The van der Waals surface area contributed by atoms with E-state index >= 15 is 4.39 Å². The Balaban J connectivity index is 1.56. The van der Waals surface area contributed by atoms with Gasteiger partial charge in [-0.25, -0.2) is 13.8 Å². The van der Waals surface area contributed by atoms with Crippen LogP contribution in [-0.2, 0) is 16.1 Å². The number of amides is 1. The van der Waals surface area contributed by atoms with Crippen molar-refractivity contribution in [2.45, 2.75) is 39.4 Å². The predicted octanol–water partition coefficient (Wildman–Crippen LogP) is 5.75. The van der Waals surface area contributed by atoms with E-state index in [4.69, 9.17) is 19.6 Å². The Morgan fingerprint density at radius 1 is 1.11 bits per heavy atom. The van der Waals surface area contributed by atoms with E-state index in [1.165, 1.54) is 23.5 Å². The quantitative estimate of drug-likeness (QED) is 0.171. The summed E-state index contributed by atoms with van der Waals surface area (Å²) in [7, 11) is 1.54. The molecule has 2 aliphatic heterocycles. The van der Waals surface area contributed by atoms with Crippen LogP contribution >= 0.6 is 11.3 Å². The third-order valence-corrected chi connectivity index (χ3v) is 9.64. The minimum absolute atomic E-state index is 0.0701. The molecular weight excluding hydrogens is 598 g/mol. The summed E-state index contributed by atoms with van der Waals surface area (Å²) in [4.78, 5) is 24.3. The minimum Gasteiger partial charge on any atom is -0.490 e. The predicted molar refractivity (Wildman–Crippen MR) is 173 cm³/mol. The van der Waals surface area contributed by atoms with Gasteiger partial charge >= 0.3 is 0 Å². The van der Waals surface area contributed by atoms with Crippen molar-refractivity contribution >= 4 is 33.1 Å². The van der Waals surface area contributed by atoms with Gasteiger partial charge in [0.1, 0.15) is 41.2 Å². The zero-order valence-corrected chi connectivity index (χ0v) is 26.9. The van der Waals surface area contributed by atoms with Crippen LogP contribution < -0.4 is 9.64 Å². The first-order chi connectivity index (χ1) is 21.7. The Morgan fingerprint density at radius 2 is 1.89 bits per heavy atom. The van der Waals surface area contributed by atoms with Gasteiger partial charge in [0.2, 0.25) is 5.91 Å². The van der Waals surface area contributed by atoms with Crippen LogP contribution in [0.5, 0.6) is 5.75 Å². The van der Waals surface area contributed by atoms with Crippen molar-refractivity contribution in [1.82, 2.24) is 24.6 Å². The van der Waals surface area contributed by atoms with Gasteiger partial charge in [0, 0.05) is 73.7 Å². The van der Waals surface area contributed by atoms with Gasteiger partial charge in [-0.1, -0.05) is 6.58 Å². The maximum atomic E-state index is 16.0. The van der Waals surface area contributed by atoms with Gasteiger partial charge in [0.15, 0.2) is 0 Å². The zero-order valence-electron chi connectivity index (χ0n) is 26.1. The number of aromatic nitrogens is 3. The first-order valence-corrected chi connectivity index (χ1v) is 16.1. The normalized spacial score (nSPS) is 17.3. The second-order valence-corrected chi connectivity index (χ2v) is 12.5. The van der Waals surface area contributed by atoms with Gasteiger partial charge in [-0.3, -0.25) is 14.4 Å². The molecule has 1 amide bonds. The molecule has 1 fully saturated rings. The molecular formula is C33H38F2N6O3S. The van der Waals surface area contributed by atoms with E-state index in [1.54, 1.807) is 12.0 Å². The lowest BCUT2D eigenvalue weighted by atomic mass is 9.98. The molecule has 3 aromatic heterocycles. The maximum Gasteiger partial charge on any atom is 0.246 e. The van der Waals surface area contributed by atoms with Crippen LogP contribution in [0.1, 0.15) is 32.5 Å². The van der Waals surface area contributed by atoms with E-state index < -0.39 is 11.6 Å². The Morgan fingerprint density at radius 3 is 2.60 bits per heavy atom. The average molecular weight is 637 g/mol. The monoisotopic (exact) mass is 636 g/mol. The number of fused-ring (bicyclic) bond motifs is 2. The number of carbonyl (C=O) groups excluding carboxylic acids is 1. The van der Waals surface area contributed by atoms with Crippen molar-refractivity contribution in [3.05, 3.63) is 59.6 Å². The lowest BCUT2D eigenvalue weighted by Crippen LogP contribution is -2.49. The van der Waals surface area contributed by atoms with Crippen molar-refractivity contribution in [3.63, 3.8) is 0 Å². The van der Waals surface area contributed by atoms with Gasteiger partial charge in [0.25, 0.3) is 0 Å². The molecule has 0 radical (unpaired) electrons. The summed E-state index contributed by atoms with van der Waals surface area (Å²) in [6.45, 7) is 14.7. The number of pyridine rings is 1. The number of anilines is 1. The average Bonchev–Trinajstić information content (AvgIpc) is 3.69. The van der Waals surface area contributed by atoms with Crippen LogP contribution in [0.25, 0.3) is 32.6 Å². The molecule has 0 N–H and O–H groups in total. The Hall–Kier alpha value is -3.87. The standard InChI is InChI=1S/C33H38F2N6O3S/c1-6-28(42)40-12-13-41-26(21(40)4)19-25(37-41)31-30(29-24(35)17-22(34)18-27(29)44-15-14-43-5)32-23(7-16-45-32)33(36-31)39-10-8-38(9-11-39)20(2)3/h6-7,16-21H,1,8-15H2,2-5H3/t21-/m1/s1. The third kappa shape index (κ3) is 5.82. The summed E-state index contributed by atoms with van der Waals surface area (Å²) in [6.07, 6.45) is 1.32. The molecule has 0 spiro atoms. The second-order valence-electron chi connectivity index (χ2n) is 11.6. The molecule has 0 aliphatic carbocycles. The van der Waals surface area contributed by atoms with Crippen LogP contribution in [0, 0.1) is 11.6 Å². The van der Waals surface area contributed by atoms with Crippen LogP contribution in [0.2, 0.25) is 0 Å². The van der Waals surface area contributed by atoms with E-state index in [0.29, 0.717) is 36.1 Å². The summed E-state index contributed by atoms with van der Waals surface area (Å²) >= 11 is 1.48. The van der Waals surface area contributed by atoms with E-state index in [0.717, 1.165) is 53.8 Å². The largest absolute Gasteiger partial charge is 0.490 e. The van der Waals surface area contributed by atoms with E-state index in [1.807, 2.05) is 29.1 Å². The number of halogens is 2. The Labute approximate surface area is 265 Å². The molecule has 4 aromatic rings. The van der Waals surface area contributed by atoms with Crippen LogP contribution in [0.3, 0.4) is 0 Å². The first-order valence-electron chi connectivity index (χ1n) is 15.2. The van der Waals surface area contributed by atoms with Gasteiger partial charge in [-0.15, -0.1) is 11.3 Å². The number of ether oxygens (including phenoxy) is 2. The SMILES string of the molecule is C=CC(=O)N1CCn2nc(-c3nc(N4CCN(C(C)C)CC4)c4ccsc4c3-c3c(F)cc(F)cc3OCCOC)cc2[C@H]1C. The minimum atomic E-state index is -0.751. The van der Waals surface area contributed by atoms with E-state index in [9.17, 15) is 9.18 Å². The summed E-state index contributed by atoms with van der Waals surface area (Å²) < 4.78 is 44.4. The van der Waals surface area contributed by atoms with Gasteiger partial charge in [0.05, 0.1) is 30.5 Å². The molecule has 0 unspecified atom stereocenters. The third-order valence-electron chi connectivity index (χ3n) is 8.71. The highest BCUT2D eigenvalue weighted by molar-refractivity contribution is 7.18. The molecule has 0 bridgehead atoms. The first kappa shape index (κ1) is 31.1. The van der Waals surface area contributed by atoms with Crippen molar-refractivity contribution in [3.8, 4) is 28.3 Å². The number of carbonyl (C=O) groups is 1. The lowest BCUT2D eigenvalue weighted by Gasteiger charge is -2.38. The fraction of sp³-hybridized carbons (Fsp3) is 0.424. The van der Waals surface area contributed by atoms with Gasteiger partial charge in [-0.05, 0) is 44.4 Å². The number of hydrogen-bond donors (Lipinski definition) is 0. The molecule has 1 saturated heterocycles. The molecule has 0 saturated carbocycles. The molecule has 45 heavy (non-hydrogen) atoms. The number of methoxy groups -OCH3 is 1. The number of piperazine rings is 1. The molecule has 5 heterocycles. The molecule has 12 heteroatoms. The maximum absolute atomic E-state index is 16.0. The molecule has 238 valence electrons. The highest BCUT2D eigenvalue weighted by atomic mass is 32.1. The van der Waals surface area contributed by atoms with Crippen molar-refractivity contribution in [1.29, 1.82) is 0 Å². The summed E-state index contributed by atoms with van der Waals surface area (Å²) in [6, 6.07) is 6.21. The molecule has 1 aromatic carbocycles. The Kier molecular flexibility index (Phi) is 8.89. The summed E-state index contributed by atoms with van der Waals surface area (Å²) in [5, 5.41) is 7.82. The second kappa shape index (κ2) is 12.9. The number of thiophene rings is 1. The van der Waals surface area contributed by atoms with E-state index in [-0.39, 0.29) is 36.5 Å². The topological polar surface area (TPSA) is 76.0 Å². The zero-order chi connectivity index (χ0) is 31.8. The number of nitrogens with zero attached hydrogens (tertiary/aromatic N) is 6. The van der Waals surface area contributed by atoms with Gasteiger partial charge in [-0.2, -0.15) is 5.10 Å². The number of benzene rings is 1. The fourth-order valence-electron chi connectivity index (χ4n) is 6.29. The van der Waals surface area contributed by atoms with Gasteiger partial charge < -0.3 is 19.3 Å². The number of hydrogen-bond acceptors (Lipinski definition) is 8. The smallest absolute Gasteiger partial charge is 0.246 e. The van der Waals surface area contributed by atoms with Crippen molar-refractivity contribution in [2.24, 2.45) is 0 Å². The Bertz CT molecular complexity index is 1730. The summed E-state index contributed by atoms with van der Waals surface area (Å²) in [5.74, 6) is -0.762. The van der Waals surface area contributed by atoms with Crippen LogP contribution in [0.15, 0.2) is 42.3 Å². The highest BCUT2D eigenvalue weighted by Crippen LogP contribution is 2.47. The van der Waals surface area contributed by atoms with Crippen LogP contribution in [0.4, 0.5) is 14.6 Å². The van der Waals surface area contributed by atoms with Crippen LogP contribution in [-0.4, -0.2) is 89.6 Å². The highest BCUT2D eigenvalue weighted by Gasteiger charge is 2.32. The molecule has 9 nitrogen and oxygen atoms in total. The molecule has 2 aliphatic rings.